The van der Waals surface area contributed by atoms with Crippen LogP contribution in [0.2, 0.25) is 0 Å². The lowest BCUT2D eigenvalue weighted by molar-refractivity contribution is -0.141. The number of carbonyl (C=O) groups excluding carboxylic acids is 2. The van der Waals surface area contributed by atoms with Gasteiger partial charge < -0.3 is 31.1 Å². The SMILES string of the molecule is CC(=O)O/N=C(\N)c1ccc(-c2ccc3[nH]cc(-c4nc5ccc(/C(N)=N/OC(C)=O)cc5[nH]4)c3c2)cc1. The van der Waals surface area contributed by atoms with Crippen LogP contribution in [-0.4, -0.2) is 38.6 Å². The van der Waals surface area contributed by atoms with Crippen molar-refractivity contribution in [1.29, 1.82) is 0 Å². The molecule has 0 unspecified atom stereocenters. The number of aromatic amines is 2. The van der Waals surface area contributed by atoms with Crippen LogP contribution in [0.3, 0.4) is 0 Å². The van der Waals surface area contributed by atoms with Crippen molar-refractivity contribution >= 4 is 45.5 Å². The molecule has 3 aromatic carbocycles. The van der Waals surface area contributed by atoms with Gasteiger partial charge in [0.1, 0.15) is 5.82 Å². The third kappa shape index (κ3) is 4.93. The van der Waals surface area contributed by atoms with Gasteiger partial charge in [-0.2, -0.15) is 0 Å². The summed E-state index contributed by atoms with van der Waals surface area (Å²) in [7, 11) is 0. The number of hydrogen-bond donors (Lipinski definition) is 4. The monoisotopic (exact) mass is 509 g/mol. The first-order chi connectivity index (χ1) is 18.3. The molecule has 11 nitrogen and oxygen atoms in total. The molecule has 6 N–H and O–H groups in total. The number of nitrogens with zero attached hydrogens (tertiary/aromatic N) is 3. The maximum absolute atomic E-state index is 11.0. The Morgan fingerprint density at radius 1 is 0.789 bits per heavy atom. The average molecular weight is 510 g/mol. The Bertz CT molecular complexity index is 1750. The number of fused-ring (bicyclic) bond motifs is 2. The van der Waals surface area contributed by atoms with Crippen LogP contribution in [0.1, 0.15) is 25.0 Å². The Hall–Kier alpha value is -5.45. The molecule has 0 aliphatic carbocycles. The van der Waals surface area contributed by atoms with Crippen LogP contribution in [0.15, 0.2) is 77.2 Å². The summed E-state index contributed by atoms with van der Waals surface area (Å²) in [5, 5.41) is 8.25. The van der Waals surface area contributed by atoms with Crippen LogP contribution in [0, 0.1) is 0 Å². The second-order valence-corrected chi connectivity index (χ2v) is 8.48. The molecule has 0 radical (unpaired) electrons. The van der Waals surface area contributed by atoms with Crippen LogP contribution < -0.4 is 11.5 Å². The molecule has 2 heterocycles. The number of H-pyrrole nitrogens is 2. The fourth-order valence-electron chi connectivity index (χ4n) is 3.96. The van der Waals surface area contributed by atoms with Gasteiger partial charge in [-0.3, -0.25) is 0 Å². The molecule has 2 aromatic heterocycles. The molecule has 5 aromatic rings. The normalized spacial score (nSPS) is 12.2. The number of aromatic nitrogens is 3. The van der Waals surface area contributed by atoms with E-state index in [1.165, 1.54) is 13.8 Å². The van der Waals surface area contributed by atoms with Gasteiger partial charge in [0.2, 0.25) is 0 Å². The fourth-order valence-corrected chi connectivity index (χ4v) is 3.96. The van der Waals surface area contributed by atoms with Crippen LogP contribution in [0.4, 0.5) is 0 Å². The van der Waals surface area contributed by atoms with E-state index >= 15 is 0 Å². The van der Waals surface area contributed by atoms with E-state index in [4.69, 9.17) is 16.5 Å². The second kappa shape index (κ2) is 9.90. The molecule has 0 bridgehead atoms. The van der Waals surface area contributed by atoms with Crippen molar-refractivity contribution in [3.05, 3.63) is 78.0 Å². The Morgan fingerprint density at radius 2 is 1.42 bits per heavy atom. The fraction of sp³-hybridized carbons (Fsp3) is 0.0741. The van der Waals surface area contributed by atoms with E-state index in [2.05, 4.69) is 36.0 Å². The van der Waals surface area contributed by atoms with Gasteiger partial charge in [0.15, 0.2) is 11.7 Å². The summed E-state index contributed by atoms with van der Waals surface area (Å²) in [5.74, 6) is -0.212. The number of oxime groups is 2. The third-order valence-electron chi connectivity index (χ3n) is 5.77. The highest BCUT2D eigenvalue weighted by molar-refractivity contribution is 6.02. The maximum atomic E-state index is 11.0. The molecule has 0 aliphatic heterocycles. The molecule has 190 valence electrons. The van der Waals surface area contributed by atoms with Crippen molar-refractivity contribution in [2.75, 3.05) is 0 Å². The lowest BCUT2D eigenvalue weighted by Gasteiger charge is -2.05. The van der Waals surface area contributed by atoms with Crippen LogP contribution in [-0.2, 0) is 19.3 Å². The van der Waals surface area contributed by atoms with E-state index in [1.54, 1.807) is 12.1 Å². The van der Waals surface area contributed by atoms with E-state index in [0.717, 1.165) is 38.6 Å². The summed E-state index contributed by atoms with van der Waals surface area (Å²) in [5.41, 5.74) is 18.4. The highest BCUT2D eigenvalue weighted by Gasteiger charge is 2.13. The number of nitrogens with two attached hydrogens (primary N) is 2. The topological polar surface area (TPSA) is 174 Å². The number of amidine groups is 2. The number of hydrogen-bond acceptors (Lipinski definition) is 7. The number of carbonyl (C=O) groups is 2. The zero-order valence-corrected chi connectivity index (χ0v) is 20.5. The first kappa shape index (κ1) is 24.3. The summed E-state index contributed by atoms with van der Waals surface area (Å²) in [4.78, 5) is 42.6. The molecule has 0 saturated carbocycles. The summed E-state index contributed by atoms with van der Waals surface area (Å²) < 4.78 is 0. The smallest absolute Gasteiger partial charge is 0.332 e. The quantitative estimate of drug-likeness (QED) is 0.117. The summed E-state index contributed by atoms with van der Waals surface area (Å²) >= 11 is 0. The van der Waals surface area contributed by atoms with Gasteiger partial charge in [-0.25, -0.2) is 14.6 Å². The van der Waals surface area contributed by atoms with Crippen molar-refractivity contribution in [2.24, 2.45) is 21.8 Å². The second-order valence-electron chi connectivity index (χ2n) is 8.48. The number of imidazole rings is 1. The van der Waals surface area contributed by atoms with Gasteiger partial charge in [-0.1, -0.05) is 40.6 Å². The van der Waals surface area contributed by atoms with Crippen LogP contribution in [0.5, 0.6) is 0 Å². The standard InChI is InChI=1S/C27H23N7O4/c1-14(35)37-33-25(28)17-5-3-16(4-6-17)18-7-9-22-20(11-18)21(13-30-22)27-31-23-10-8-19(12-24(23)32-27)26(29)34-38-15(2)36/h3-13,30H,1-2H3,(H2,28,33)(H2,29,34)(H,31,32). The largest absolute Gasteiger partial charge is 0.380 e. The van der Waals surface area contributed by atoms with Crippen molar-refractivity contribution in [1.82, 2.24) is 15.0 Å². The highest BCUT2D eigenvalue weighted by Crippen LogP contribution is 2.32. The zero-order valence-electron chi connectivity index (χ0n) is 20.5. The maximum Gasteiger partial charge on any atom is 0.332 e. The zero-order chi connectivity index (χ0) is 26.8. The summed E-state index contributed by atoms with van der Waals surface area (Å²) in [6.07, 6.45) is 1.90. The van der Waals surface area contributed by atoms with Gasteiger partial charge in [0.05, 0.1) is 11.0 Å². The third-order valence-corrected chi connectivity index (χ3v) is 5.77. The van der Waals surface area contributed by atoms with Crippen LogP contribution >= 0.6 is 0 Å². The number of benzene rings is 3. The van der Waals surface area contributed by atoms with Crippen molar-refractivity contribution in [3.63, 3.8) is 0 Å². The molecule has 11 heteroatoms. The van der Waals surface area contributed by atoms with E-state index in [9.17, 15) is 9.59 Å². The molecule has 5 rings (SSSR count). The Morgan fingerprint density at radius 3 is 2.11 bits per heavy atom. The minimum atomic E-state index is -0.551. The molecule has 0 amide bonds. The highest BCUT2D eigenvalue weighted by atomic mass is 16.7. The van der Waals surface area contributed by atoms with Crippen molar-refractivity contribution in [2.45, 2.75) is 13.8 Å². The predicted octanol–water partition coefficient (Wildman–Crippen LogP) is 3.75. The Labute approximate surface area is 216 Å². The van der Waals surface area contributed by atoms with Gasteiger partial charge in [0, 0.05) is 47.6 Å². The molecule has 0 atom stereocenters. The number of nitrogens with one attached hydrogen (secondary N) is 2. The summed E-state index contributed by atoms with van der Waals surface area (Å²) in [6, 6.07) is 18.9. The Balaban J connectivity index is 1.46. The lowest BCUT2D eigenvalue weighted by atomic mass is 10.0. The molecular formula is C27H23N7O4. The van der Waals surface area contributed by atoms with Gasteiger partial charge >= 0.3 is 11.9 Å². The number of rotatable bonds is 6. The molecule has 0 spiro atoms. The first-order valence-electron chi connectivity index (χ1n) is 11.5. The van der Waals surface area contributed by atoms with E-state index < -0.39 is 11.9 Å². The minimum Gasteiger partial charge on any atom is -0.380 e. The first-order valence-corrected chi connectivity index (χ1v) is 11.5. The van der Waals surface area contributed by atoms with Gasteiger partial charge in [0.25, 0.3) is 0 Å². The average Bonchev–Trinajstić information content (AvgIpc) is 3.53. The molecular weight excluding hydrogens is 486 g/mol. The van der Waals surface area contributed by atoms with E-state index in [-0.39, 0.29) is 11.7 Å². The molecule has 0 aliphatic rings. The van der Waals surface area contributed by atoms with Gasteiger partial charge in [-0.05, 0) is 41.5 Å². The molecule has 0 saturated heterocycles. The van der Waals surface area contributed by atoms with Crippen molar-refractivity contribution in [3.8, 4) is 22.5 Å². The van der Waals surface area contributed by atoms with E-state index in [0.29, 0.717) is 17.0 Å². The minimum absolute atomic E-state index is 0.0837. The molecule has 38 heavy (non-hydrogen) atoms. The Kier molecular flexibility index (Phi) is 6.32. The van der Waals surface area contributed by atoms with E-state index in [1.807, 2.05) is 48.7 Å². The van der Waals surface area contributed by atoms with Gasteiger partial charge in [-0.15, -0.1) is 0 Å². The molecule has 0 fully saturated rings. The van der Waals surface area contributed by atoms with Crippen molar-refractivity contribution < 1.29 is 19.3 Å². The lowest BCUT2D eigenvalue weighted by Crippen LogP contribution is -2.14. The predicted molar refractivity (Wildman–Crippen MR) is 144 cm³/mol. The van der Waals surface area contributed by atoms with Crippen LogP contribution in [0.25, 0.3) is 44.5 Å². The summed E-state index contributed by atoms with van der Waals surface area (Å²) in [6.45, 7) is 2.51.